The van der Waals surface area contributed by atoms with Gasteiger partial charge in [0.1, 0.15) is 0 Å². The zero-order valence-corrected chi connectivity index (χ0v) is 9.72. The van der Waals surface area contributed by atoms with Crippen molar-refractivity contribution in [3.05, 3.63) is 34.4 Å². The summed E-state index contributed by atoms with van der Waals surface area (Å²) in [5.41, 5.74) is 11.5. The Labute approximate surface area is 87.3 Å². The summed E-state index contributed by atoms with van der Waals surface area (Å²) < 4.78 is 0. The Bertz CT molecular complexity index is 315. The van der Waals surface area contributed by atoms with Crippen molar-refractivity contribution < 1.29 is 0 Å². The second kappa shape index (κ2) is 4.61. The van der Waals surface area contributed by atoms with E-state index in [9.17, 15) is 0 Å². The fourth-order valence-electron chi connectivity index (χ4n) is 1.85. The Hall–Kier alpha value is -0.820. The van der Waals surface area contributed by atoms with E-state index >= 15 is 0 Å². The van der Waals surface area contributed by atoms with Gasteiger partial charge in [-0.15, -0.1) is 0 Å². The van der Waals surface area contributed by atoms with E-state index in [4.69, 9.17) is 5.73 Å². The quantitative estimate of drug-likeness (QED) is 0.778. The first-order valence-corrected chi connectivity index (χ1v) is 5.39. The predicted octanol–water partition coefficient (Wildman–Crippen LogP) is 3.41. The summed E-state index contributed by atoms with van der Waals surface area (Å²) in [6, 6.07) is 4.69. The highest BCUT2D eigenvalue weighted by atomic mass is 14.6. The van der Waals surface area contributed by atoms with Crippen LogP contribution in [0.1, 0.15) is 48.1 Å². The van der Waals surface area contributed by atoms with Gasteiger partial charge in [0, 0.05) is 6.04 Å². The Balaban J connectivity index is 3.02. The average molecular weight is 191 g/mol. The van der Waals surface area contributed by atoms with Gasteiger partial charge in [-0.05, 0) is 49.4 Å². The van der Waals surface area contributed by atoms with E-state index in [1.165, 1.54) is 22.3 Å². The van der Waals surface area contributed by atoms with Crippen LogP contribution >= 0.6 is 0 Å². The lowest BCUT2D eigenvalue weighted by molar-refractivity contribution is 0.634. The van der Waals surface area contributed by atoms with Crippen LogP contribution in [-0.2, 0) is 0 Å². The van der Waals surface area contributed by atoms with E-state index < -0.39 is 0 Å². The van der Waals surface area contributed by atoms with Crippen molar-refractivity contribution in [3.63, 3.8) is 0 Å². The molecule has 0 saturated carbocycles. The van der Waals surface area contributed by atoms with Crippen LogP contribution in [0.15, 0.2) is 12.1 Å². The van der Waals surface area contributed by atoms with Crippen molar-refractivity contribution in [1.82, 2.24) is 0 Å². The summed E-state index contributed by atoms with van der Waals surface area (Å²) in [5.74, 6) is 0. The SMILES string of the molecule is CCCC(N)c1cc(C)c(C)cc1C. The van der Waals surface area contributed by atoms with Gasteiger partial charge >= 0.3 is 0 Å². The van der Waals surface area contributed by atoms with Gasteiger partial charge in [0.25, 0.3) is 0 Å². The summed E-state index contributed by atoms with van der Waals surface area (Å²) in [6.45, 7) is 8.63. The first-order chi connectivity index (χ1) is 6.56. The normalized spacial score (nSPS) is 12.9. The first kappa shape index (κ1) is 11.3. The molecule has 78 valence electrons. The lowest BCUT2D eigenvalue weighted by atomic mass is 9.94. The fourth-order valence-corrected chi connectivity index (χ4v) is 1.85. The van der Waals surface area contributed by atoms with Gasteiger partial charge in [-0.1, -0.05) is 25.5 Å². The predicted molar refractivity (Wildman–Crippen MR) is 62.5 cm³/mol. The molecule has 1 unspecified atom stereocenters. The standard InChI is InChI=1S/C13H21N/c1-5-6-13(14)12-8-10(3)9(2)7-11(12)4/h7-8,13H,5-6,14H2,1-4H3. The van der Waals surface area contributed by atoms with Crippen LogP contribution in [0.4, 0.5) is 0 Å². The van der Waals surface area contributed by atoms with E-state index in [-0.39, 0.29) is 6.04 Å². The zero-order valence-electron chi connectivity index (χ0n) is 9.72. The van der Waals surface area contributed by atoms with Crippen molar-refractivity contribution in [1.29, 1.82) is 0 Å². The minimum absolute atomic E-state index is 0.208. The second-order valence-electron chi connectivity index (χ2n) is 4.19. The Morgan fingerprint density at radius 2 is 1.64 bits per heavy atom. The van der Waals surface area contributed by atoms with Crippen LogP contribution < -0.4 is 5.73 Å². The molecule has 0 aromatic heterocycles. The maximum absolute atomic E-state index is 6.13. The molecule has 0 fully saturated rings. The topological polar surface area (TPSA) is 26.0 Å². The Kier molecular flexibility index (Phi) is 3.70. The molecule has 1 aromatic rings. The smallest absolute Gasteiger partial charge is 0.0297 e. The van der Waals surface area contributed by atoms with Crippen molar-refractivity contribution in [2.75, 3.05) is 0 Å². The molecule has 1 nitrogen and oxygen atoms in total. The number of hydrogen-bond donors (Lipinski definition) is 1. The monoisotopic (exact) mass is 191 g/mol. The zero-order chi connectivity index (χ0) is 10.7. The third-order valence-corrected chi connectivity index (χ3v) is 2.88. The lowest BCUT2D eigenvalue weighted by Crippen LogP contribution is -2.11. The molecule has 1 aromatic carbocycles. The van der Waals surface area contributed by atoms with Gasteiger partial charge in [-0.25, -0.2) is 0 Å². The number of benzene rings is 1. The van der Waals surface area contributed by atoms with Crippen molar-refractivity contribution in [3.8, 4) is 0 Å². The minimum Gasteiger partial charge on any atom is -0.324 e. The van der Waals surface area contributed by atoms with Gasteiger partial charge in [-0.3, -0.25) is 0 Å². The van der Waals surface area contributed by atoms with E-state index in [0.717, 1.165) is 12.8 Å². The third kappa shape index (κ3) is 2.36. The average Bonchev–Trinajstić information content (AvgIpc) is 2.11. The molecule has 2 N–H and O–H groups in total. The number of nitrogens with two attached hydrogens (primary N) is 1. The largest absolute Gasteiger partial charge is 0.324 e. The molecule has 0 aliphatic rings. The summed E-state index contributed by atoms with van der Waals surface area (Å²) >= 11 is 0. The van der Waals surface area contributed by atoms with Crippen LogP contribution in [-0.4, -0.2) is 0 Å². The maximum Gasteiger partial charge on any atom is 0.0297 e. The summed E-state index contributed by atoms with van der Waals surface area (Å²) in [6.07, 6.45) is 2.22. The molecular weight excluding hydrogens is 170 g/mol. The highest BCUT2D eigenvalue weighted by Crippen LogP contribution is 2.23. The molecule has 0 amide bonds. The molecular formula is C13H21N. The summed E-state index contributed by atoms with van der Waals surface area (Å²) in [4.78, 5) is 0. The number of rotatable bonds is 3. The lowest BCUT2D eigenvalue weighted by Gasteiger charge is -2.16. The van der Waals surface area contributed by atoms with Crippen molar-refractivity contribution in [2.24, 2.45) is 5.73 Å². The van der Waals surface area contributed by atoms with Crippen molar-refractivity contribution in [2.45, 2.75) is 46.6 Å². The van der Waals surface area contributed by atoms with Crippen LogP contribution in [0.25, 0.3) is 0 Å². The van der Waals surface area contributed by atoms with Crippen LogP contribution in [0, 0.1) is 20.8 Å². The molecule has 0 bridgehead atoms. The minimum atomic E-state index is 0.208. The number of aryl methyl sites for hydroxylation is 3. The van der Waals surface area contributed by atoms with Crippen molar-refractivity contribution >= 4 is 0 Å². The molecule has 1 heteroatoms. The van der Waals surface area contributed by atoms with Gasteiger partial charge < -0.3 is 5.73 Å². The Morgan fingerprint density at radius 3 is 2.21 bits per heavy atom. The van der Waals surface area contributed by atoms with Crippen LogP contribution in [0.2, 0.25) is 0 Å². The number of hydrogen-bond acceptors (Lipinski definition) is 1. The highest BCUT2D eigenvalue weighted by molar-refractivity contribution is 5.38. The Morgan fingerprint density at radius 1 is 1.07 bits per heavy atom. The van der Waals surface area contributed by atoms with Crippen LogP contribution in [0.5, 0.6) is 0 Å². The second-order valence-corrected chi connectivity index (χ2v) is 4.19. The van der Waals surface area contributed by atoms with Gasteiger partial charge in [0.05, 0.1) is 0 Å². The summed E-state index contributed by atoms with van der Waals surface area (Å²) in [5, 5.41) is 0. The summed E-state index contributed by atoms with van der Waals surface area (Å²) in [7, 11) is 0. The maximum atomic E-state index is 6.13. The molecule has 1 atom stereocenters. The molecule has 14 heavy (non-hydrogen) atoms. The fraction of sp³-hybridized carbons (Fsp3) is 0.538. The molecule has 0 aliphatic heterocycles. The highest BCUT2D eigenvalue weighted by Gasteiger charge is 2.09. The van der Waals surface area contributed by atoms with E-state index in [0.29, 0.717) is 0 Å². The molecule has 1 rings (SSSR count). The molecule has 0 heterocycles. The van der Waals surface area contributed by atoms with Gasteiger partial charge in [-0.2, -0.15) is 0 Å². The van der Waals surface area contributed by atoms with Gasteiger partial charge in [0.15, 0.2) is 0 Å². The third-order valence-electron chi connectivity index (χ3n) is 2.88. The van der Waals surface area contributed by atoms with E-state index in [1.54, 1.807) is 0 Å². The molecule has 0 saturated heterocycles. The van der Waals surface area contributed by atoms with Gasteiger partial charge in [0.2, 0.25) is 0 Å². The molecule has 0 spiro atoms. The molecule has 0 radical (unpaired) electrons. The van der Waals surface area contributed by atoms with E-state index in [2.05, 4.69) is 39.8 Å². The molecule has 0 aliphatic carbocycles. The van der Waals surface area contributed by atoms with Crippen LogP contribution in [0.3, 0.4) is 0 Å². The van der Waals surface area contributed by atoms with E-state index in [1.807, 2.05) is 0 Å². The first-order valence-electron chi connectivity index (χ1n) is 5.39.